The highest BCUT2D eigenvalue weighted by Gasteiger charge is 2.10. The molecule has 0 bridgehead atoms. The number of nitrogens with two attached hydrogens (primary N) is 1. The number of rotatable bonds is 7. The molecule has 2 heterocycles. The van der Waals surface area contributed by atoms with Crippen molar-refractivity contribution in [3.63, 3.8) is 0 Å². The molecule has 0 radical (unpaired) electrons. The molecule has 0 aromatic carbocycles. The maximum atomic E-state index is 5.76. The van der Waals surface area contributed by atoms with Crippen molar-refractivity contribution in [1.29, 1.82) is 0 Å². The van der Waals surface area contributed by atoms with Gasteiger partial charge in [0.1, 0.15) is 5.82 Å². The zero-order valence-corrected chi connectivity index (χ0v) is 13.5. The first-order valence-electron chi connectivity index (χ1n) is 7.48. The molecule has 0 amide bonds. The molecule has 3 N–H and O–H groups in total. The lowest BCUT2D eigenvalue weighted by atomic mass is 10.1. The molecular formula is C16H24N6. The van der Waals surface area contributed by atoms with Crippen LogP contribution in [0.4, 0.5) is 11.8 Å². The minimum atomic E-state index is 0.281. The maximum absolute atomic E-state index is 5.76. The second-order valence-corrected chi connectivity index (χ2v) is 5.77. The summed E-state index contributed by atoms with van der Waals surface area (Å²) < 4.78 is 2.16. The van der Waals surface area contributed by atoms with Gasteiger partial charge >= 0.3 is 0 Å². The van der Waals surface area contributed by atoms with E-state index in [-0.39, 0.29) is 5.95 Å². The van der Waals surface area contributed by atoms with Crippen molar-refractivity contribution in [2.24, 2.45) is 5.92 Å². The Kier molecular flexibility index (Phi) is 5.14. The number of allylic oxidation sites excluding steroid dienone is 1. The van der Waals surface area contributed by atoms with E-state index in [2.05, 4.69) is 45.3 Å². The average molecular weight is 300 g/mol. The van der Waals surface area contributed by atoms with Gasteiger partial charge in [-0.05, 0) is 19.3 Å². The highest BCUT2D eigenvalue weighted by atomic mass is 15.1. The molecule has 0 fully saturated rings. The summed E-state index contributed by atoms with van der Waals surface area (Å²) >= 11 is 0. The van der Waals surface area contributed by atoms with Gasteiger partial charge in [-0.15, -0.1) is 6.58 Å². The number of nitrogens with one attached hydrogen (secondary N) is 1. The Balaban J connectivity index is 2.18. The zero-order valence-electron chi connectivity index (χ0n) is 13.5. The molecule has 0 aliphatic rings. The van der Waals surface area contributed by atoms with Crippen LogP contribution in [0.3, 0.4) is 0 Å². The summed E-state index contributed by atoms with van der Waals surface area (Å²) in [7, 11) is 0. The zero-order chi connectivity index (χ0) is 16.1. The molecule has 0 aliphatic carbocycles. The topological polar surface area (TPSA) is 81.7 Å². The number of anilines is 2. The number of hydrogen-bond donors (Lipinski definition) is 2. The third kappa shape index (κ3) is 3.84. The van der Waals surface area contributed by atoms with Crippen molar-refractivity contribution in [2.45, 2.75) is 40.3 Å². The van der Waals surface area contributed by atoms with Crippen LogP contribution < -0.4 is 11.1 Å². The van der Waals surface area contributed by atoms with Crippen LogP contribution in [-0.4, -0.2) is 19.5 Å². The van der Waals surface area contributed by atoms with Gasteiger partial charge in [-0.2, -0.15) is 4.98 Å². The molecule has 2 aromatic heterocycles. The predicted molar refractivity (Wildman–Crippen MR) is 89.5 cm³/mol. The molecule has 6 heteroatoms. The summed E-state index contributed by atoms with van der Waals surface area (Å²) in [5.74, 6) is 1.62. The first kappa shape index (κ1) is 16.0. The van der Waals surface area contributed by atoms with E-state index in [1.165, 1.54) is 0 Å². The highest BCUT2D eigenvalue weighted by Crippen LogP contribution is 2.19. The summed E-state index contributed by atoms with van der Waals surface area (Å²) in [5.41, 5.74) is 8.79. The van der Waals surface area contributed by atoms with Crippen LogP contribution in [0.2, 0.25) is 0 Å². The first-order chi connectivity index (χ1) is 10.5. The van der Waals surface area contributed by atoms with Crippen LogP contribution in [0.25, 0.3) is 0 Å². The van der Waals surface area contributed by atoms with Crippen molar-refractivity contribution in [3.8, 4) is 0 Å². The van der Waals surface area contributed by atoms with Gasteiger partial charge in [-0.3, -0.25) is 0 Å². The Morgan fingerprint density at radius 1 is 1.41 bits per heavy atom. The van der Waals surface area contributed by atoms with Gasteiger partial charge in [0.2, 0.25) is 5.95 Å². The molecule has 6 nitrogen and oxygen atoms in total. The molecule has 0 unspecified atom stereocenters. The van der Waals surface area contributed by atoms with Gasteiger partial charge in [-0.25, -0.2) is 9.97 Å². The quantitative estimate of drug-likeness (QED) is 0.768. The van der Waals surface area contributed by atoms with E-state index >= 15 is 0 Å². The van der Waals surface area contributed by atoms with Crippen molar-refractivity contribution in [1.82, 2.24) is 19.5 Å². The molecule has 0 saturated heterocycles. The number of hydrogen-bond acceptors (Lipinski definition) is 5. The third-order valence-corrected chi connectivity index (χ3v) is 3.38. The van der Waals surface area contributed by atoms with E-state index in [1.807, 2.05) is 25.5 Å². The Bertz CT molecular complexity index is 644. The lowest BCUT2D eigenvalue weighted by molar-refractivity contribution is 0.511. The molecular weight excluding hydrogens is 276 g/mol. The third-order valence-electron chi connectivity index (χ3n) is 3.38. The lowest BCUT2D eigenvalue weighted by Crippen LogP contribution is -2.13. The van der Waals surface area contributed by atoms with E-state index in [0.717, 1.165) is 29.3 Å². The van der Waals surface area contributed by atoms with Crippen LogP contribution >= 0.6 is 0 Å². The van der Waals surface area contributed by atoms with Gasteiger partial charge in [0, 0.05) is 24.0 Å². The summed E-state index contributed by atoms with van der Waals surface area (Å²) in [6.07, 6.45) is 6.29. The van der Waals surface area contributed by atoms with Gasteiger partial charge in [0.15, 0.2) is 0 Å². The molecule has 0 atom stereocenters. The largest absolute Gasteiger partial charge is 0.368 e. The summed E-state index contributed by atoms with van der Waals surface area (Å²) in [4.78, 5) is 12.8. The normalized spacial score (nSPS) is 10.9. The smallest absolute Gasteiger partial charge is 0.222 e. The van der Waals surface area contributed by atoms with Crippen LogP contribution in [-0.2, 0) is 19.5 Å². The summed E-state index contributed by atoms with van der Waals surface area (Å²) in [6, 6.07) is 0. The first-order valence-corrected chi connectivity index (χ1v) is 7.48. The molecule has 0 aliphatic heterocycles. The molecule has 2 rings (SSSR count). The van der Waals surface area contributed by atoms with Crippen LogP contribution in [0.1, 0.15) is 30.8 Å². The second-order valence-electron chi connectivity index (χ2n) is 5.77. The van der Waals surface area contributed by atoms with Gasteiger partial charge in [0.05, 0.1) is 18.6 Å². The van der Waals surface area contributed by atoms with E-state index in [9.17, 15) is 0 Å². The number of aromatic nitrogens is 4. The van der Waals surface area contributed by atoms with Crippen molar-refractivity contribution < 1.29 is 0 Å². The number of aryl methyl sites for hydroxylation is 1. The second kappa shape index (κ2) is 7.06. The highest BCUT2D eigenvalue weighted by molar-refractivity contribution is 5.50. The Labute approximate surface area is 131 Å². The predicted octanol–water partition coefficient (Wildman–Crippen LogP) is 2.56. The fraction of sp³-hybridized carbons (Fsp3) is 0.438. The fourth-order valence-electron chi connectivity index (χ4n) is 2.38. The average Bonchev–Trinajstić information content (AvgIpc) is 2.86. The van der Waals surface area contributed by atoms with E-state index in [1.54, 1.807) is 0 Å². The molecule has 2 aromatic rings. The van der Waals surface area contributed by atoms with E-state index in [4.69, 9.17) is 5.73 Å². The minimum Gasteiger partial charge on any atom is -0.368 e. The maximum Gasteiger partial charge on any atom is 0.222 e. The molecule has 0 saturated carbocycles. The van der Waals surface area contributed by atoms with Crippen LogP contribution in [0.5, 0.6) is 0 Å². The van der Waals surface area contributed by atoms with Gasteiger partial charge in [-0.1, -0.05) is 19.9 Å². The monoisotopic (exact) mass is 300 g/mol. The number of nitrogens with zero attached hydrogens (tertiary/aromatic N) is 4. The molecule has 0 spiro atoms. The van der Waals surface area contributed by atoms with Crippen LogP contribution in [0, 0.1) is 12.8 Å². The SMILES string of the molecule is C=CCc1c(C)nc(N)nc1NCc1cncn1CC(C)C. The van der Waals surface area contributed by atoms with E-state index < -0.39 is 0 Å². The number of nitrogen functional groups attached to an aromatic ring is 1. The van der Waals surface area contributed by atoms with Crippen molar-refractivity contribution >= 4 is 11.8 Å². The lowest BCUT2D eigenvalue weighted by Gasteiger charge is -2.14. The van der Waals surface area contributed by atoms with Crippen LogP contribution in [0.15, 0.2) is 25.2 Å². The van der Waals surface area contributed by atoms with Crippen molar-refractivity contribution in [2.75, 3.05) is 11.1 Å². The summed E-state index contributed by atoms with van der Waals surface area (Å²) in [5, 5.41) is 3.36. The Morgan fingerprint density at radius 3 is 2.86 bits per heavy atom. The molecule has 118 valence electrons. The standard InChI is InChI=1S/C16H24N6/c1-5-6-14-12(4)20-16(17)21-15(14)19-8-13-7-18-10-22(13)9-11(2)3/h5,7,10-11H,1,6,8-9H2,2-4H3,(H3,17,19,20,21). The fourth-order valence-corrected chi connectivity index (χ4v) is 2.38. The Morgan fingerprint density at radius 2 is 2.18 bits per heavy atom. The van der Waals surface area contributed by atoms with Gasteiger partial charge < -0.3 is 15.6 Å². The van der Waals surface area contributed by atoms with E-state index in [0.29, 0.717) is 18.9 Å². The minimum absolute atomic E-state index is 0.281. The Hall–Kier alpha value is -2.37. The van der Waals surface area contributed by atoms with Crippen molar-refractivity contribution in [3.05, 3.63) is 42.1 Å². The summed E-state index contributed by atoms with van der Waals surface area (Å²) in [6.45, 7) is 11.7. The van der Waals surface area contributed by atoms with Gasteiger partial charge in [0.25, 0.3) is 0 Å². The molecule has 22 heavy (non-hydrogen) atoms. The number of imidazole rings is 1.